The summed E-state index contributed by atoms with van der Waals surface area (Å²) in [5, 5.41) is 19.1. The van der Waals surface area contributed by atoms with Gasteiger partial charge in [-0.25, -0.2) is 0 Å². The minimum atomic E-state index is -0.896. The first-order valence-corrected chi connectivity index (χ1v) is 10.7. The standard InChI is InChI=1S/C21H42O11/c1-24-12-15(26-3)17(28-5)18(13(25-2)8-10-22)32-21-20(30-7)19(29-6)16(27-4)14(31-21)9-11-23/h13-23H,8-12H2,1-7H3/t13?,14?,15?,16-,17+,18+,19-,20?,21+/m1/s1. The molecule has 1 saturated heterocycles. The molecule has 0 aromatic heterocycles. The molecule has 32 heavy (non-hydrogen) atoms. The minimum Gasteiger partial charge on any atom is -0.396 e. The number of rotatable bonds is 17. The van der Waals surface area contributed by atoms with Gasteiger partial charge < -0.3 is 52.8 Å². The molecular formula is C21H42O11. The molecule has 0 bridgehead atoms. The van der Waals surface area contributed by atoms with Gasteiger partial charge in [-0.15, -0.1) is 0 Å². The van der Waals surface area contributed by atoms with Gasteiger partial charge in [0.1, 0.15) is 36.6 Å². The lowest BCUT2D eigenvalue weighted by Gasteiger charge is -2.47. The first-order valence-electron chi connectivity index (χ1n) is 10.7. The van der Waals surface area contributed by atoms with Crippen molar-refractivity contribution in [1.29, 1.82) is 0 Å². The summed E-state index contributed by atoms with van der Waals surface area (Å²) in [4.78, 5) is 0. The number of aliphatic hydroxyl groups is 2. The van der Waals surface area contributed by atoms with Gasteiger partial charge in [-0.1, -0.05) is 0 Å². The maximum absolute atomic E-state index is 9.58. The van der Waals surface area contributed by atoms with Crippen LogP contribution in [0.2, 0.25) is 0 Å². The monoisotopic (exact) mass is 470 g/mol. The quantitative estimate of drug-likeness (QED) is 0.289. The topological polar surface area (TPSA) is 124 Å². The minimum absolute atomic E-state index is 0.0970. The molecule has 192 valence electrons. The highest BCUT2D eigenvalue weighted by Gasteiger charge is 2.50. The fraction of sp³-hybridized carbons (Fsp3) is 1.00. The van der Waals surface area contributed by atoms with Gasteiger partial charge in [0.15, 0.2) is 6.29 Å². The van der Waals surface area contributed by atoms with Gasteiger partial charge in [-0.3, -0.25) is 0 Å². The van der Waals surface area contributed by atoms with Crippen LogP contribution in [0, 0.1) is 0 Å². The van der Waals surface area contributed by atoms with Gasteiger partial charge in [-0.05, 0) is 12.8 Å². The molecule has 1 aliphatic heterocycles. The Morgan fingerprint density at radius 2 is 1.34 bits per heavy atom. The summed E-state index contributed by atoms with van der Waals surface area (Å²) < 4.78 is 51.8. The molecule has 11 heteroatoms. The summed E-state index contributed by atoms with van der Waals surface area (Å²) in [5.41, 5.74) is 0. The molecule has 1 rings (SSSR count). The Labute approximate surface area is 191 Å². The van der Waals surface area contributed by atoms with Gasteiger partial charge in [0.05, 0.1) is 18.8 Å². The van der Waals surface area contributed by atoms with Crippen molar-refractivity contribution >= 4 is 0 Å². The predicted octanol–water partition coefficient (Wildman–Crippen LogP) is -0.402. The van der Waals surface area contributed by atoms with Gasteiger partial charge >= 0.3 is 0 Å². The van der Waals surface area contributed by atoms with Crippen molar-refractivity contribution in [3.8, 4) is 0 Å². The van der Waals surface area contributed by atoms with Crippen LogP contribution in [0.15, 0.2) is 0 Å². The lowest BCUT2D eigenvalue weighted by molar-refractivity contribution is -0.335. The summed E-state index contributed by atoms with van der Waals surface area (Å²) in [6.45, 7) is 0.0407. The molecule has 1 heterocycles. The first-order chi connectivity index (χ1) is 15.5. The molecule has 11 nitrogen and oxygen atoms in total. The van der Waals surface area contributed by atoms with Gasteiger partial charge in [0.2, 0.25) is 0 Å². The van der Waals surface area contributed by atoms with Crippen molar-refractivity contribution in [3.05, 3.63) is 0 Å². The average molecular weight is 471 g/mol. The van der Waals surface area contributed by atoms with E-state index in [1.165, 1.54) is 21.3 Å². The van der Waals surface area contributed by atoms with Gasteiger partial charge in [0.25, 0.3) is 0 Å². The maximum atomic E-state index is 9.58. The van der Waals surface area contributed by atoms with Gasteiger partial charge in [0, 0.05) is 63.0 Å². The van der Waals surface area contributed by atoms with E-state index in [0.717, 1.165) is 0 Å². The van der Waals surface area contributed by atoms with E-state index < -0.39 is 55.1 Å². The smallest absolute Gasteiger partial charge is 0.187 e. The molecule has 0 aromatic rings. The number of ether oxygens (including phenoxy) is 9. The zero-order chi connectivity index (χ0) is 24.1. The van der Waals surface area contributed by atoms with Crippen LogP contribution in [-0.4, -0.2) is 135 Å². The van der Waals surface area contributed by atoms with E-state index in [-0.39, 0.29) is 19.8 Å². The molecule has 0 aliphatic carbocycles. The van der Waals surface area contributed by atoms with E-state index in [4.69, 9.17) is 42.6 Å². The summed E-state index contributed by atoms with van der Waals surface area (Å²) >= 11 is 0. The highest BCUT2D eigenvalue weighted by atomic mass is 16.7. The van der Waals surface area contributed by atoms with E-state index in [1.54, 1.807) is 28.4 Å². The van der Waals surface area contributed by atoms with Crippen molar-refractivity contribution in [2.45, 2.75) is 68.0 Å². The van der Waals surface area contributed by atoms with Crippen molar-refractivity contribution in [2.24, 2.45) is 0 Å². The molecule has 1 aliphatic rings. The molecule has 1 fully saturated rings. The van der Waals surface area contributed by atoms with Gasteiger partial charge in [-0.2, -0.15) is 0 Å². The van der Waals surface area contributed by atoms with Crippen molar-refractivity contribution in [1.82, 2.24) is 0 Å². The lowest BCUT2D eigenvalue weighted by Crippen LogP contribution is -2.62. The van der Waals surface area contributed by atoms with Crippen LogP contribution in [0.5, 0.6) is 0 Å². The van der Waals surface area contributed by atoms with E-state index in [9.17, 15) is 10.2 Å². The zero-order valence-corrected chi connectivity index (χ0v) is 20.3. The summed E-state index contributed by atoms with van der Waals surface area (Å²) in [5.74, 6) is 0. The fourth-order valence-electron chi connectivity index (χ4n) is 4.18. The SMILES string of the molecule is COCC(OC)[C@H](OC)[C@@H](O[C@@H]1OC(CCO)[C@@H](OC)[C@@H](OC)C1OC)C(CCO)OC. The zero-order valence-electron chi connectivity index (χ0n) is 20.3. The van der Waals surface area contributed by atoms with E-state index in [1.807, 2.05) is 0 Å². The van der Waals surface area contributed by atoms with Crippen molar-refractivity contribution in [3.63, 3.8) is 0 Å². The molecule has 0 radical (unpaired) electrons. The Bertz CT molecular complexity index is 469. The third-order valence-electron chi connectivity index (χ3n) is 5.79. The Morgan fingerprint density at radius 3 is 1.78 bits per heavy atom. The molecule has 2 N–H and O–H groups in total. The maximum Gasteiger partial charge on any atom is 0.187 e. The average Bonchev–Trinajstić information content (AvgIpc) is 2.81. The Balaban J connectivity index is 3.30. The normalized spacial score (nSPS) is 30.1. The highest BCUT2D eigenvalue weighted by Crippen LogP contribution is 2.32. The van der Waals surface area contributed by atoms with Crippen LogP contribution in [-0.2, 0) is 42.6 Å². The van der Waals surface area contributed by atoms with Crippen LogP contribution in [0.4, 0.5) is 0 Å². The van der Waals surface area contributed by atoms with E-state index in [0.29, 0.717) is 12.8 Å². The van der Waals surface area contributed by atoms with Crippen molar-refractivity contribution < 1.29 is 52.8 Å². The summed E-state index contributed by atoms with van der Waals surface area (Å²) in [7, 11) is 10.8. The second-order valence-corrected chi connectivity index (χ2v) is 7.47. The molecule has 0 spiro atoms. The molecule has 0 amide bonds. The van der Waals surface area contributed by atoms with Crippen LogP contribution in [0.3, 0.4) is 0 Å². The highest BCUT2D eigenvalue weighted by molar-refractivity contribution is 4.94. The number of hydrogen-bond acceptors (Lipinski definition) is 11. The second-order valence-electron chi connectivity index (χ2n) is 7.47. The van der Waals surface area contributed by atoms with Crippen LogP contribution >= 0.6 is 0 Å². The predicted molar refractivity (Wildman–Crippen MR) is 114 cm³/mol. The first kappa shape index (κ1) is 29.6. The second kappa shape index (κ2) is 16.2. The van der Waals surface area contributed by atoms with E-state index in [2.05, 4.69) is 0 Å². The molecule has 4 unspecified atom stereocenters. The Hall–Kier alpha value is -0.440. The third kappa shape index (κ3) is 7.54. The number of hydrogen-bond donors (Lipinski definition) is 2. The number of aliphatic hydroxyl groups excluding tert-OH is 2. The van der Waals surface area contributed by atoms with Crippen LogP contribution in [0.25, 0.3) is 0 Å². The van der Waals surface area contributed by atoms with Crippen LogP contribution in [0.1, 0.15) is 12.8 Å². The molecule has 9 atom stereocenters. The van der Waals surface area contributed by atoms with E-state index >= 15 is 0 Å². The summed E-state index contributed by atoms with van der Waals surface area (Å²) in [6, 6.07) is 0. The van der Waals surface area contributed by atoms with Crippen molar-refractivity contribution in [2.75, 3.05) is 69.6 Å². The number of methoxy groups -OCH3 is 7. The van der Waals surface area contributed by atoms with Crippen LogP contribution < -0.4 is 0 Å². The third-order valence-corrected chi connectivity index (χ3v) is 5.79. The molecular weight excluding hydrogens is 428 g/mol. The largest absolute Gasteiger partial charge is 0.396 e. The Morgan fingerprint density at radius 1 is 0.719 bits per heavy atom. The molecule has 0 saturated carbocycles. The fourth-order valence-corrected chi connectivity index (χ4v) is 4.18. The molecule has 0 aromatic carbocycles. The Kier molecular flexibility index (Phi) is 15.0. The summed E-state index contributed by atoms with van der Waals surface area (Å²) in [6.07, 6.45) is -4.76. The lowest BCUT2D eigenvalue weighted by atomic mass is 9.95.